The lowest BCUT2D eigenvalue weighted by Crippen LogP contribution is -2.46. The predicted octanol–water partition coefficient (Wildman–Crippen LogP) is 2.49. The van der Waals surface area contributed by atoms with Crippen LogP contribution in [0.4, 0.5) is 8.78 Å². The third-order valence-corrected chi connectivity index (χ3v) is 4.46. The number of hydrogen-bond donors (Lipinski definition) is 0. The van der Waals surface area contributed by atoms with Crippen molar-refractivity contribution >= 4 is 5.91 Å². The number of nitrogens with zero attached hydrogens (tertiary/aromatic N) is 3. The van der Waals surface area contributed by atoms with Crippen molar-refractivity contribution in [1.82, 2.24) is 14.8 Å². The molecule has 1 aliphatic rings. The molecule has 1 aromatic heterocycles. The third kappa shape index (κ3) is 3.28. The SMILES string of the molecule is CN(C[C@H]1Cc2ccccc2CN1C)C(=O)c1ncc(F)cc1F. The van der Waals surface area contributed by atoms with E-state index in [1.807, 2.05) is 19.2 Å². The lowest BCUT2D eigenvalue weighted by molar-refractivity contribution is 0.0722. The van der Waals surface area contributed by atoms with Crippen molar-refractivity contribution in [3.63, 3.8) is 0 Å². The first kappa shape index (κ1) is 16.5. The zero-order valence-electron chi connectivity index (χ0n) is 13.7. The second kappa shape index (κ2) is 6.65. The molecule has 0 aliphatic carbocycles. The number of hydrogen-bond acceptors (Lipinski definition) is 3. The van der Waals surface area contributed by atoms with Crippen LogP contribution in [-0.2, 0) is 13.0 Å². The van der Waals surface area contributed by atoms with Gasteiger partial charge in [0.05, 0.1) is 6.20 Å². The van der Waals surface area contributed by atoms with E-state index in [0.29, 0.717) is 12.6 Å². The van der Waals surface area contributed by atoms with Gasteiger partial charge in [-0.05, 0) is 24.6 Å². The number of benzene rings is 1. The average Bonchev–Trinajstić information content (AvgIpc) is 2.55. The fourth-order valence-electron chi connectivity index (χ4n) is 3.07. The van der Waals surface area contributed by atoms with Crippen molar-refractivity contribution < 1.29 is 13.6 Å². The van der Waals surface area contributed by atoms with Gasteiger partial charge >= 0.3 is 0 Å². The molecule has 2 heterocycles. The van der Waals surface area contributed by atoms with Gasteiger partial charge in [0.25, 0.3) is 5.91 Å². The van der Waals surface area contributed by atoms with E-state index in [1.54, 1.807) is 7.05 Å². The smallest absolute Gasteiger partial charge is 0.275 e. The summed E-state index contributed by atoms with van der Waals surface area (Å²) in [5, 5.41) is 0. The van der Waals surface area contributed by atoms with Gasteiger partial charge in [-0.25, -0.2) is 13.8 Å². The predicted molar refractivity (Wildman–Crippen MR) is 86.5 cm³/mol. The summed E-state index contributed by atoms with van der Waals surface area (Å²) < 4.78 is 26.7. The largest absolute Gasteiger partial charge is 0.339 e. The highest BCUT2D eigenvalue weighted by molar-refractivity contribution is 5.92. The molecular weight excluding hydrogens is 312 g/mol. The first-order chi connectivity index (χ1) is 11.5. The van der Waals surface area contributed by atoms with Gasteiger partial charge in [-0.1, -0.05) is 24.3 Å². The zero-order chi connectivity index (χ0) is 17.3. The summed E-state index contributed by atoms with van der Waals surface area (Å²) in [6.07, 6.45) is 1.68. The van der Waals surface area contributed by atoms with Gasteiger partial charge in [0.1, 0.15) is 5.82 Å². The normalized spacial score (nSPS) is 17.4. The van der Waals surface area contributed by atoms with E-state index in [1.165, 1.54) is 16.0 Å². The number of halogens is 2. The van der Waals surface area contributed by atoms with Crippen LogP contribution in [0.5, 0.6) is 0 Å². The summed E-state index contributed by atoms with van der Waals surface area (Å²) in [4.78, 5) is 19.6. The minimum atomic E-state index is -0.936. The Hall–Kier alpha value is -2.34. The number of amides is 1. The second-order valence-corrected chi connectivity index (χ2v) is 6.21. The number of rotatable bonds is 3. The van der Waals surface area contributed by atoms with Gasteiger partial charge in [-0.3, -0.25) is 9.69 Å². The van der Waals surface area contributed by atoms with E-state index in [-0.39, 0.29) is 11.7 Å². The number of likely N-dealkylation sites (N-methyl/N-ethyl adjacent to an activating group) is 2. The third-order valence-electron chi connectivity index (χ3n) is 4.46. The van der Waals surface area contributed by atoms with Crippen LogP contribution in [0.1, 0.15) is 21.6 Å². The van der Waals surface area contributed by atoms with Gasteiger partial charge in [0.15, 0.2) is 11.5 Å². The van der Waals surface area contributed by atoms with Crippen molar-refractivity contribution in [1.29, 1.82) is 0 Å². The van der Waals surface area contributed by atoms with Gasteiger partial charge in [-0.15, -0.1) is 0 Å². The summed E-state index contributed by atoms with van der Waals surface area (Å²) >= 11 is 0. The van der Waals surface area contributed by atoms with E-state index in [2.05, 4.69) is 22.0 Å². The Labute approximate surface area is 139 Å². The molecule has 0 radical (unpaired) electrons. The maximum Gasteiger partial charge on any atom is 0.275 e. The molecule has 1 aromatic carbocycles. The van der Waals surface area contributed by atoms with Crippen LogP contribution in [0.3, 0.4) is 0 Å². The van der Waals surface area contributed by atoms with Crippen LogP contribution in [0.15, 0.2) is 36.5 Å². The van der Waals surface area contributed by atoms with Crippen molar-refractivity contribution in [2.24, 2.45) is 0 Å². The number of carbonyl (C=O) groups is 1. The first-order valence-electron chi connectivity index (χ1n) is 7.79. The first-order valence-corrected chi connectivity index (χ1v) is 7.79. The van der Waals surface area contributed by atoms with Crippen LogP contribution in [0.2, 0.25) is 0 Å². The van der Waals surface area contributed by atoms with E-state index in [9.17, 15) is 13.6 Å². The van der Waals surface area contributed by atoms with E-state index in [0.717, 1.165) is 19.2 Å². The molecule has 1 atom stereocenters. The Bertz CT molecular complexity index is 766. The highest BCUT2D eigenvalue weighted by Gasteiger charge is 2.27. The molecule has 126 valence electrons. The van der Waals surface area contributed by atoms with Gasteiger partial charge in [0, 0.05) is 32.2 Å². The Kier molecular flexibility index (Phi) is 4.57. The lowest BCUT2D eigenvalue weighted by Gasteiger charge is -2.36. The van der Waals surface area contributed by atoms with Crippen molar-refractivity contribution in [2.45, 2.75) is 19.0 Å². The summed E-state index contributed by atoms with van der Waals surface area (Å²) in [5.41, 5.74) is 2.21. The zero-order valence-corrected chi connectivity index (χ0v) is 13.7. The minimum Gasteiger partial charge on any atom is -0.339 e. The molecule has 24 heavy (non-hydrogen) atoms. The van der Waals surface area contributed by atoms with Crippen LogP contribution >= 0.6 is 0 Å². The molecule has 2 aromatic rings. The van der Waals surface area contributed by atoms with E-state index < -0.39 is 17.5 Å². The molecular formula is C18H19F2N3O. The van der Waals surface area contributed by atoms with Crippen LogP contribution in [-0.4, -0.2) is 47.4 Å². The van der Waals surface area contributed by atoms with Crippen molar-refractivity contribution in [3.8, 4) is 0 Å². The highest BCUT2D eigenvalue weighted by Crippen LogP contribution is 2.22. The number of aromatic nitrogens is 1. The van der Waals surface area contributed by atoms with Crippen molar-refractivity contribution in [2.75, 3.05) is 20.6 Å². The lowest BCUT2D eigenvalue weighted by atomic mass is 9.94. The van der Waals surface area contributed by atoms with E-state index in [4.69, 9.17) is 0 Å². The molecule has 1 aliphatic heterocycles. The fraction of sp³-hybridized carbons (Fsp3) is 0.333. The Morgan fingerprint density at radius 1 is 1.33 bits per heavy atom. The fourth-order valence-corrected chi connectivity index (χ4v) is 3.07. The maximum absolute atomic E-state index is 13.8. The topological polar surface area (TPSA) is 36.4 Å². The minimum absolute atomic E-state index is 0.136. The number of pyridine rings is 1. The standard InChI is InChI=1S/C18H19F2N3O/c1-22-10-13-6-4-3-5-12(13)7-15(22)11-23(2)18(24)17-16(20)8-14(19)9-21-17/h3-6,8-9,15H,7,10-11H2,1-2H3/t15-/m1/s1. The van der Waals surface area contributed by atoms with Crippen LogP contribution < -0.4 is 0 Å². The van der Waals surface area contributed by atoms with Crippen molar-refractivity contribution in [3.05, 3.63) is 65.0 Å². The average molecular weight is 331 g/mol. The molecule has 3 rings (SSSR count). The summed E-state index contributed by atoms with van der Waals surface area (Å²) in [5.74, 6) is -2.27. The molecule has 1 amide bonds. The molecule has 0 spiro atoms. The molecule has 0 fully saturated rings. The molecule has 6 heteroatoms. The molecule has 0 bridgehead atoms. The maximum atomic E-state index is 13.8. The molecule has 0 N–H and O–H groups in total. The monoisotopic (exact) mass is 331 g/mol. The number of fused-ring (bicyclic) bond motifs is 1. The molecule has 0 saturated carbocycles. The molecule has 0 saturated heterocycles. The van der Waals surface area contributed by atoms with Crippen LogP contribution in [0, 0.1) is 11.6 Å². The Morgan fingerprint density at radius 3 is 2.75 bits per heavy atom. The highest BCUT2D eigenvalue weighted by atomic mass is 19.1. The van der Waals surface area contributed by atoms with Gasteiger partial charge in [-0.2, -0.15) is 0 Å². The quantitative estimate of drug-likeness (QED) is 0.867. The summed E-state index contributed by atoms with van der Waals surface area (Å²) in [6.45, 7) is 1.26. The van der Waals surface area contributed by atoms with Gasteiger partial charge in [0.2, 0.25) is 0 Å². The Morgan fingerprint density at radius 2 is 2.04 bits per heavy atom. The second-order valence-electron chi connectivity index (χ2n) is 6.21. The number of carbonyl (C=O) groups excluding carboxylic acids is 1. The Balaban J connectivity index is 1.72. The summed E-state index contributed by atoms with van der Waals surface area (Å²) in [6, 6.07) is 9.04. The van der Waals surface area contributed by atoms with Crippen LogP contribution in [0.25, 0.3) is 0 Å². The molecule has 4 nitrogen and oxygen atoms in total. The van der Waals surface area contributed by atoms with E-state index >= 15 is 0 Å². The summed E-state index contributed by atoms with van der Waals surface area (Å²) in [7, 11) is 3.62. The van der Waals surface area contributed by atoms with Gasteiger partial charge < -0.3 is 4.90 Å². The molecule has 0 unspecified atom stereocenters.